The second-order valence-corrected chi connectivity index (χ2v) is 12.1. The Balaban J connectivity index is 1.50. The zero-order chi connectivity index (χ0) is 16.2. The van der Waals surface area contributed by atoms with Gasteiger partial charge in [0.25, 0.3) is 0 Å². The summed E-state index contributed by atoms with van der Waals surface area (Å²) in [5.74, 6) is 2.68. The first-order chi connectivity index (χ1) is 11.4. The van der Waals surface area contributed by atoms with Gasteiger partial charge in [0, 0.05) is 22.0 Å². The molecule has 0 aliphatic carbocycles. The lowest BCUT2D eigenvalue weighted by atomic mass is 10.0. The summed E-state index contributed by atoms with van der Waals surface area (Å²) in [6.45, 7) is 0.266. The minimum atomic E-state index is 0.266. The molecule has 2 aliphatic heterocycles. The highest BCUT2D eigenvalue weighted by molar-refractivity contribution is 8.77. The fourth-order valence-electron chi connectivity index (χ4n) is 3.13. The van der Waals surface area contributed by atoms with Crippen LogP contribution in [-0.2, 0) is 0 Å². The molecule has 2 saturated heterocycles. The van der Waals surface area contributed by atoms with Crippen molar-refractivity contribution in [1.82, 2.24) is 0 Å². The number of rotatable bonds is 10. The fourth-order valence-corrected chi connectivity index (χ4v) is 8.93. The van der Waals surface area contributed by atoms with Crippen LogP contribution in [0.5, 0.6) is 0 Å². The van der Waals surface area contributed by atoms with E-state index >= 15 is 0 Å². The quantitative estimate of drug-likeness (QED) is 0.252. The highest BCUT2D eigenvalue weighted by Crippen LogP contribution is 2.39. The fraction of sp³-hybridized carbons (Fsp3) is 0.889. The molecule has 2 unspecified atom stereocenters. The molecular formula is C18H32OS4. The van der Waals surface area contributed by atoms with Crippen molar-refractivity contribution in [2.75, 3.05) is 18.1 Å². The van der Waals surface area contributed by atoms with Gasteiger partial charge in [-0.1, -0.05) is 55.7 Å². The average Bonchev–Trinajstić information content (AvgIpc) is 2.61. The second-order valence-electron chi connectivity index (χ2n) is 6.56. The van der Waals surface area contributed by atoms with E-state index in [0.29, 0.717) is 0 Å². The lowest BCUT2D eigenvalue weighted by molar-refractivity contribution is 0.324. The molecule has 0 amide bonds. The van der Waals surface area contributed by atoms with E-state index in [1.54, 1.807) is 0 Å². The van der Waals surface area contributed by atoms with Crippen molar-refractivity contribution in [3.8, 4) is 0 Å². The predicted octanol–water partition coefficient (Wildman–Crippen LogP) is 6.72. The molecule has 2 rings (SSSR count). The molecular weight excluding hydrogens is 360 g/mol. The Morgan fingerprint density at radius 3 is 2.13 bits per heavy atom. The number of aliphatic hydroxyl groups is 1. The van der Waals surface area contributed by atoms with E-state index < -0.39 is 0 Å². The Bertz CT molecular complexity index is 323. The van der Waals surface area contributed by atoms with E-state index in [-0.39, 0.29) is 6.61 Å². The SMILES string of the molecule is OC/C(=C\CCCCC1CCCSS1)CCCC1CCCSS1. The van der Waals surface area contributed by atoms with Crippen LogP contribution in [0.1, 0.15) is 70.6 Å². The van der Waals surface area contributed by atoms with Gasteiger partial charge < -0.3 is 5.11 Å². The van der Waals surface area contributed by atoms with Crippen LogP contribution < -0.4 is 0 Å². The summed E-state index contributed by atoms with van der Waals surface area (Å²) in [5.41, 5.74) is 1.28. The Hall–Kier alpha value is 1.10. The minimum absolute atomic E-state index is 0.266. The first-order valence-electron chi connectivity index (χ1n) is 9.24. The lowest BCUT2D eigenvalue weighted by Crippen LogP contribution is -2.06. The van der Waals surface area contributed by atoms with Crippen LogP contribution in [0.2, 0.25) is 0 Å². The highest BCUT2D eigenvalue weighted by Gasteiger charge is 2.15. The summed E-state index contributed by atoms with van der Waals surface area (Å²) < 4.78 is 0. The van der Waals surface area contributed by atoms with Crippen molar-refractivity contribution in [1.29, 1.82) is 0 Å². The molecule has 1 nitrogen and oxygen atoms in total. The Labute approximate surface area is 158 Å². The Morgan fingerprint density at radius 1 is 0.913 bits per heavy atom. The van der Waals surface area contributed by atoms with Gasteiger partial charge in [-0.3, -0.25) is 0 Å². The maximum Gasteiger partial charge on any atom is 0.0641 e. The third kappa shape index (κ3) is 9.39. The zero-order valence-electron chi connectivity index (χ0n) is 14.2. The number of aliphatic hydroxyl groups excluding tert-OH is 1. The molecule has 5 heteroatoms. The molecule has 0 spiro atoms. The van der Waals surface area contributed by atoms with Crippen LogP contribution in [0.25, 0.3) is 0 Å². The molecule has 134 valence electrons. The first kappa shape index (κ1) is 20.4. The summed E-state index contributed by atoms with van der Waals surface area (Å²) >= 11 is 0. The van der Waals surface area contributed by atoms with Gasteiger partial charge in [-0.2, -0.15) is 0 Å². The van der Waals surface area contributed by atoms with Crippen molar-refractivity contribution >= 4 is 43.2 Å². The average molecular weight is 393 g/mol. The van der Waals surface area contributed by atoms with Gasteiger partial charge in [0.2, 0.25) is 0 Å². The van der Waals surface area contributed by atoms with Crippen molar-refractivity contribution in [3.05, 3.63) is 11.6 Å². The summed E-state index contributed by atoms with van der Waals surface area (Å²) in [7, 11) is 8.32. The van der Waals surface area contributed by atoms with E-state index in [4.69, 9.17) is 0 Å². The van der Waals surface area contributed by atoms with Gasteiger partial charge in [-0.15, -0.1) is 0 Å². The largest absolute Gasteiger partial charge is 0.392 e. The monoisotopic (exact) mass is 392 g/mol. The summed E-state index contributed by atoms with van der Waals surface area (Å²) in [6.07, 6.45) is 16.8. The number of allylic oxidation sites excluding steroid dienone is 1. The molecule has 0 radical (unpaired) electrons. The van der Waals surface area contributed by atoms with E-state index in [0.717, 1.165) is 23.3 Å². The van der Waals surface area contributed by atoms with Crippen LogP contribution in [0.3, 0.4) is 0 Å². The maximum atomic E-state index is 9.54. The van der Waals surface area contributed by atoms with E-state index in [1.165, 1.54) is 74.9 Å². The molecule has 2 atom stereocenters. The molecule has 0 aromatic rings. The Kier molecular flexibility index (Phi) is 11.8. The molecule has 2 aliphatic rings. The summed E-state index contributed by atoms with van der Waals surface area (Å²) in [5, 5.41) is 11.3. The first-order valence-corrected chi connectivity index (χ1v) is 14.0. The molecule has 1 N–H and O–H groups in total. The van der Waals surface area contributed by atoms with Crippen molar-refractivity contribution < 1.29 is 5.11 Å². The molecule has 23 heavy (non-hydrogen) atoms. The summed E-state index contributed by atoms with van der Waals surface area (Å²) in [6, 6.07) is 0. The third-order valence-electron chi connectivity index (χ3n) is 4.56. The van der Waals surface area contributed by atoms with Crippen molar-refractivity contribution in [2.45, 2.75) is 81.1 Å². The number of unbranched alkanes of at least 4 members (excludes halogenated alkanes) is 2. The summed E-state index contributed by atoms with van der Waals surface area (Å²) in [4.78, 5) is 0. The number of hydrogen-bond acceptors (Lipinski definition) is 5. The van der Waals surface area contributed by atoms with E-state index in [1.807, 2.05) is 10.8 Å². The van der Waals surface area contributed by atoms with Crippen molar-refractivity contribution in [2.24, 2.45) is 0 Å². The van der Waals surface area contributed by atoms with Gasteiger partial charge in [0.05, 0.1) is 6.61 Å². The van der Waals surface area contributed by atoms with Crippen LogP contribution in [-0.4, -0.2) is 33.7 Å². The zero-order valence-corrected chi connectivity index (χ0v) is 17.5. The normalized spacial score (nSPS) is 26.4. The van der Waals surface area contributed by atoms with E-state index in [9.17, 15) is 5.11 Å². The molecule has 0 bridgehead atoms. The number of hydrogen-bond donors (Lipinski definition) is 1. The predicted molar refractivity (Wildman–Crippen MR) is 114 cm³/mol. The molecule has 0 aromatic carbocycles. The molecule has 0 aromatic heterocycles. The molecule has 2 fully saturated rings. The maximum absolute atomic E-state index is 9.54. The van der Waals surface area contributed by atoms with Crippen LogP contribution in [0, 0.1) is 0 Å². The van der Waals surface area contributed by atoms with Crippen LogP contribution in [0.4, 0.5) is 0 Å². The van der Waals surface area contributed by atoms with Gasteiger partial charge in [0.15, 0.2) is 0 Å². The highest BCUT2D eigenvalue weighted by atomic mass is 33.1. The smallest absolute Gasteiger partial charge is 0.0641 e. The Morgan fingerprint density at radius 2 is 1.57 bits per heavy atom. The standard InChI is InChI=1S/C18H32OS4/c19-15-16(8-4-10-18-12-6-14-21-23-18)7-2-1-3-9-17-11-5-13-20-22-17/h7,17-19H,1-6,8-15H2/b16-7-. The van der Waals surface area contributed by atoms with Gasteiger partial charge in [0.1, 0.15) is 0 Å². The van der Waals surface area contributed by atoms with Gasteiger partial charge in [-0.05, 0) is 69.8 Å². The molecule has 2 heterocycles. The lowest BCUT2D eigenvalue weighted by Gasteiger charge is -2.20. The van der Waals surface area contributed by atoms with Crippen LogP contribution >= 0.6 is 43.2 Å². The topological polar surface area (TPSA) is 20.2 Å². The van der Waals surface area contributed by atoms with Gasteiger partial charge >= 0.3 is 0 Å². The molecule has 0 saturated carbocycles. The van der Waals surface area contributed by atoms with E-state index in [2.05, 4.69) is 38.5 Å². The third-order valence-corrected chi connectivity index (χ3v) is 10.7. The second kappa shape index (κ2) is 13.3. The van der Waals surface area contributed by atoms with Crippen LogP contribution in [0.15, 0.2) is 11.6 Å². The minimum Gasteiger partial charge on any atom is -0.392 e. The van der Waals surface area contributed by atoms with Crippen molar-refractivity contribution in [3.63, 3.8) is 0 Å². The van der Waals surface area contributed by atoms with Gasteiger partial charge in [-0.25, -0.2) is 0 Å².